The Morgan fingerprint density at radius 3 is 1.58 bits per heavy atom. The van der Waals surface area contributed by atoms with Crippen molar-refractivity contribution in [3.8, 4) is 0 Å². The van der Waals surface area contributed by atoms with Crippen LogP contribution >= 0.6 is 0 Å². The second kappa shape index (κ2) is 17.1. The van der Waals surface area contributed by atoms with Crippen molar-refractivity contribution in [2.24, 2.45) is 0 Å². The average Bonchev–Trinajstić information content (AvgIpc) is 3.11. The molecular weight excluding hydrogens is 699 g/mol. The van der Waals surface area contributed by atoms with Gasteiger partial charge in [-0.3, -0.25) is 0 Å². The molecule has 2 aliphatic rings. The first-order valence-electron chi connectivity index (χ1n) is 16.0. The predicted molar refractivity (Wildman–Crippen MR) is 180 cm³/mol. The molecule has 2 fully saturated rings. The molecule has 0 bridgehead atoms. The summed E-state index contributed by atoms with van der Waals surface area (Å²) in [5.74, 6) is 0. The zero-order chi connectivity index (χ0) is 33.2. The van der Waals surface area contributed by atoms with Crippen LogP contribution in [0.25, 0.3) is 0 Å². The van der Waals surface area contributed by atoms with E-state index in [-0.39, 0.29) is 24.9 Å². The summed E-state index contributed by atoms with van der Waals surface area (Å²) >= 11 is -1.64. The Hall–Kier alpha value is -2.93. The Morgan fingerprint density at radius 2 is 1.10 bits per heavy atom. The third kappa shape index (κ3) is 10.3. The number of hydrogen-bond acceptors (Lipinski definition) is 9. The molecule has 0 amide bonds. The molecule has 254 valence electrons. The van der Waals surface area contributed by atoms with E-state index in [1.54, 1.807) is 0 Å². The second-order valence-electron chi connectivity index (χ2n) is 11.8. The van der Waals surface area contributed by atoms with Gasteiger partial charge in [0, 0.05) is 0 Å². The SMILES string of the molecule is O=S(=O)([O-])OC1COC(c2ccccc2)O[C@@H]1C[Se+]1C[C@H](OCc2ccccc2)C(OCc2ccccc2)[C@H](OCc2ccccc2)C1. The third-order valence-corrected chi connectivity index (χ3v) is 13.8. The minimum atomic E-state index is -4.99. The summed E-state index contributed by atoms with van der Waals surface area (Å²) in [6.45, 7) is 1.14. The summed E-state index contributed by atoms with van der Waals surface area (Å²) in [5.41, 5.74) is 3.96. The molecule has 0 radical (unpaired) electrons. The zero-order valence-corrected chi connectivity index (χ0v) is 29.0. The first-order valence-corrected chi connectivity index (χ1v) is 20.9. The van der Waals surface area contributed by atoms with Gasteiger partial charge in [0.25, 0.3) is 0 Å². The van der Waals surface area contributed by atoms with Gasteiger partial charge < -0.3 is 0 Å². The fourth-order valence-corrected chi connectivity index (χ4v) is 12.0. The van der Waals surface area contributed by atoms with Crippen molar-refractivity contribution in [3.05, 3.63) is 144 Å². The molecule has 6 rings (SSSR count). The first-order chi connectivity index (χ1) is 23.4. The van der Waals surface area contributed by atoms with Crippen LogP contribution in [0.5, 0.6) is 0 Å². The van der Waals surface area contributed by atoms with Gasteiger partial charge in [0.05, 0.1) is 0 Å². The average molecular weight is 740 g/mol. The van der Waals surface area contributed by atoms with Crippen molar-refractivity contribution in [2.45, 2.75) is 72.6 Å². The first kappa shape index (κ1) is 34.9. The van der Waals surface area contributed by atoms with Gasteiger partial charge in [-0.2, -0.15) is 0 Å². The molecule has 2 heterocycles. The van der Waals surface area contributed by atoms with E-state index in [9.17, 15) is 13.0 Å². The molecule has 4 aromatic carbocycles. The van der Waals surface area contributed by atoms with Gasteiger partial charge in [-0.25, -0.2) is 0 Å². The van der Waals surface area contributed by atoms with Crippen molar-refractivity contribution < 1.29 is 40.8 Å². The Labute approximate surface area is 286 Å². The van der Waals surface area contributed by atoms with Crippen LogP contribution in [0.15, 0.2) is 121 Å². The van der Waals surface area contributed by atoms with E-state index in [4.69, 9.17) is 27.9 Å². The van der Waals surface area contributed by atoms with Gasteiger partial charge in [0.1, 0.15) is 0 Å². The molecule has 7 atom stereocenters. The fourth-order valence-electron chi connectivity index (χ4n) is 5.90. The van der Waals surface area contributed by atoms with Crippen LogP contribution in [-0.4, -0.2) is 64.0 Å². The number of ether oxygens (including phenoxy) is 5. The molecular formula is C37H40O9SSe. The molecule has 48 heavy (non-hydrogen) atoms. The van der Waals surface area contributed by atoms with E-state index < -0.39 is 42.8 Å². The molecule has 0 saturated carbocycles. The van der Waals surface area contributed by atoms with E-state index in [1.807, 2.05) is 121 Å². The van der Waals surface area contributed by atoms with Crippen molar-refractivity contribution in [2.75, 3.05) is 6.61 Å². The van der Waals surface area contributed by atoms with E-state index in [0.717, 1.165) is 32.9 Å². The molecule has 0 N–H and O–H groups in total. The molecule has 11 heteroatoms. The zero-order valence-electron chi connectivity index (χ0n) is 26.5. The summed E-state index contributed by atoms with van der Waals surface area (Å²) in [6.07, 6.45) is -3.38. The fraction of sp³-hybridized carbons (Fsp3) is 0.351. The van der Waals surface area contributed by atoms with E-state index >= 15 is 0 Å². The van der Waals surface area contributed by atoms with Crippen molar-refractivity contribution in [3.63, 3.8) is 0 Å². The Morgan fingerprint density at radius 1 is 0.646 bits per heavy atom. The van der Waals surface area contributed by atoms with Gasteiger partial charge in [0.15, 0.2) is 0 Å². The molecule has 0 aromatic heterocycles. The Balaban J connectivity index is 1.25. The predicted octanol–water partition coefficient (Wildman–Crippen LogP) is 6.21. The van der Waals surface area contributed by atoms with Crippen molar-refractivity contribution >= 4 is 24.3 Å². The van der Waals surface area contributed by atoms with Crippen molar-refractivity contribution in [1.82, 2.24) is 0 Å². The van der Waals surface area contributed by atoms with Crippen LogP contribution in [0.1, 0.15) is 28.5 Å². The summed E-state index contributed by atoms with van der Waals surface area (Å²) in [5, 5.41) is 1.98. The van der Waals surface area contributed by atoms with Crippen LogP contribution < -0.4 is 0 Å². The summed E-state index contributed by atoms with van der Waals surface area (Å²) in [7, 11) is -4.99. The standard InChI is InChI=1S/C37H40O9SSe/c38-47(39,40)46-32-24-44-37(31-19-11-4-12-20-31)45-33(32)25-48-26-34(41-21-28-13-5-1-6-14-28)36(43-23-30-17-9-3-10-18-30)35(27-48)42-22-29-15-7-2-8-16-29/h1-20,32-37H,21-27H2/t32?,33-,34-,35+,36?,37?,48?/m1/s1. The molecule has 0 spiro atoms. The summed E-state index contributed by atoms with van der Waals surface area (Å²) < 4.78 is 72.3. The Kier molecular flexibility index (Phi) is 12.5. The Bertz CT molecular complexity index is 1580. The van der Waals surface area contributed by atoms with Gasteiger partial charge >= 0.3 is 288 Å². The molecule has 0 aliphatic carbocycles. The molecule has 2 saturated heterocycles. The van der Waals surface area contributed by atoms with Crippen LogP contribution in [0.2, 0.25) is 16.0 Å². The number of benzene rings is 4. The van der Waals surface area contributed by atoms with E-state index in [1.165, 1.54) is 0 Å². The molecule has 9 nitrogen and oxygen atoms in total. The van der Waals surface area contributed by atoms with Gasteiger partial charge in [0.2, 0.25) is 0 Å². The van der Waals surface area contributed by atoms with Gasteiger partial charge in [-0.05, 0) is 0 Å². The monoisotopic (exact) mass is 740 g/mol. The van der Waals surface area contributed by atoms with Gasteiger partial charge in [-0.15, -0.1) is 0 Å². The summed E-state index contributed by atoms with van der Waals surface area (Å²) in [4.78, 5) is 0. The molecule has 4 unspecified atom stereocenters. The molecule has 2 aliphatic heterocycles. The molecule has 4 aromatic rings. The maximum atomic E-state index is 11.7. The van der Waals surface area contributed by atoms with Crippen LogP contribution in [-0.2, 0) is 58.1 Å². The third-order valence-electron chi connectivity index (χ3n) is 8.27. The second-order valence-corrected chi connectivity index (χ2v) is 17.5. The van der Waals surface area contributed by atoms with Crippen LogP contribution in [0.3, 0.4) is 0 Å². The topological polar surface area (TPSA) is 113 Å². The summed E-state index contributed by atoms with van der Waals surface area (Å²) in [6, 6.07) is 39.5. The number of hydrogen-bond donors (Lipinski definition) is 0. The normalized spacial score (nSPS) is 26.2. The van der Waals surface area contributed by atoms with Crippen LogP contribution in [0.4, 0.5) is 0 Å². The van der Waals surface area contributed by atoms with E-state index in [0.29, 0.717) is 25.1 Å². The van der Waals surface area contributed by atoms with Crippen molar-refractivity contribution in [1.29, 1.82) is 0 Å². The maximum absolute atomic E-state index is 11.7. The minimum absolute atomic E-state index is 0.0880. The van der Waals surface area contributed by atoms with Gasteiger partial charge in [-0.1, -0.05) is 0 Å². The van der Waals surface area contributed by atoms with Crippen LogP contribution in [0, 0.1) is 0 Å². The number of rotatable bonds is 14. The van der Waals surface area contributed by atoms with E-state index in [2.05, 4.69) is 0 Å². The quantitative estimate of drug-likeness (QED) is 0.0847.